The van der Waals surface area contributed by atoms with Gasteiger partial charge in [0, 0.05) is 19.3 Å². The maximum absolute atomic E-state index is 5.88. The number of ether oxygens (including phenoxy) is 1. The Hall–Kier alpha value is -1.58. The fourth-order valence-corrected chi connectivity index (χ4v) is 2.19. The first-order chi connectivity index (χ1) is 9.17. The van der Waals surface area contributed by atoms with Gasteiger partial charge in [0.25, 0.3) is 0 Å². The number of halogens is 1. The molecule has 0 bridgehead atoms. The van der Waals surface area contributed by atoms with E-state index in [4.69, 9.17) is 16.3 Å². The zero-order valence-corrected chi connectivity index (χ0v) is 11.9. The second kappa shape index (κ2) is 6.55. The van der Waals surface area contributed by atoms with Gasteiger partial charge in [-0.05, 0) is 42.4 Å². The molecule has 0 N–H and O–H groups in total. The third kappa shape index (κ3) is 4.23. The van der Waals surface area contributed by atoms with Crippen molar-refractivity contribution >= 4 is 11.6 Å². The van der Waals surface area contributed by atoms with Crippen LogP contribution in [0.15, 0.2) is 42.6 Å². The summed E-state index contributed by atoms with van der Waals surface area (Å²) in [6, 6.07) is 12.0. The fraction of sp³-hybridized carbons (Fsp3) is 0.267. The number of hydrogen-bond acceptors (Lipinski definition) is 3. The van der Waals surface area contributed by atoms with Crippen molar-refractivity contribution in [3.63, 3.8) is 0 Å². The highest BCUT2D eigenvalue weighted by molar-refractivity contribution is 6.29. The number of aromatic nitrogens is 1. The summed E-state index contributed by atoms with van der Waals surface area (Å²) < 4.78 is 5.23. The van der Waals surface area contributed by atoms with E-state index in [2.05, 4.69) is 29.1 Å². The minimum absolute atomic E-state index is 0.535. The second-order valence-corrected chi connectivity index (χ2v) is 4.90. The molecule has 3 nitrogen and oxygen atoms in total. The van der Waals surface area contributed by atoms with Crippen molar-refractivity contribution in [2.45, 2.75) is 13.1 Å². The van der Waals surface area contributed by atoms with Gasteiger partial charge >= 0.3 is 0 Å². The summed E-state index contributed by atoms with van der Waals surface area (Å²) in [5, 5.41) is 0.535. The van der Waals surface area contributed by atoms with Crippen LogP contribution < -0.4 is 4.74 Å². The monoisotopic (exact) mass is 276 g/mol. The highest BCUT2D eigenvalue weighted by Gasteiger charge is 2.03. The summed E-state index contributed by atoms with van der Waals surface area (Å²) in [6.45, 7) is 1.69. The van der Waals surface area contributed by atoms with Crippen LogP contribution in [0.1, 0.15) is 11.1 Å². The lowest BCUT2D eigenvalue weighted by molar-refractivity contribution is 0.318. The van der Waals surface area contributed by atoms with E-state index in [9.17, 15) is 0 Å². The number of nitrogens with zero attached hydrogens (tertiary/aromatic N) is 2. The van der Waals surface area contributed by atoms with E-state index in [-0.39, 0.29) is 0 Å². The van der Waals surface area contributed by atoms with Crippen molar-refractivity contribution in [3.8, 4) is 5.75 Å². The normalized spacial score (nSPS) is 10.7. The molecule has 0 aliphatic carbocycles. The first-order valence-electron chi connectivity index (χ1n) is 6.09. The van der Waals surface area contributed by atoms with Crippen molar-refractivity contribution in [3.05, 3.63) is 58.9 Å². The van der Waals surface area contributed by atoms with Gasteiger partial charge in [-0.25, -0.2) is 4.98 Å². The Labute approximate surface area is 118 Å². The molecule has 1 aromatic heterocycles. The van der Waals surface area contributed by atoms with Gasteiger partial charge in [-0.3, -0.25) is 4.90 Å². The molecule has 0 saturated heterocycles. The molecule has 0 radical (unpaired) electrons. The van der Waals surface area contributed by atoms with E-state index in [1.54, 1.807) is 13.3 Å². The minimum Gasteiger partial charge on any atom is -0.497 e. The molecule has 0 spiro atoms. The van der Waals surface area contributed by atoms with Crippen LogP contribution in [0.25, 0.3) is 0 Å². The first kappa shape index (κ1) is 13.8. The third-order valence-electron chi connectivity index (χ3n) is 2.83. The van der Waals surface area contributed by atoms with Crippen LogP contribution in [0.3, 0.4) is 0 Å². The lowest BCUT2D eigenvalue weighted by atomic mass is 10.2. The molecule has 1 aromatic carbocycles. The number of benzene rings is 1. The quantitative estimate of drug-likeness (QED) is 0.783. The van der Waals surface area contributed by atoms with E-state index in [0.717, 1.165) is 24.4 Å². The molecule has 2 rings (SSSR count). The van der Waals surface area contributed by atoms with Crippen LogP contribution in [-0.4, -0.2) is 24.0 Å². The van der Waals surface area contributed by atoms with Gasteiger partial charge in [0.15, 0.2) is 0 Å². The predicted octanol–water partition coefficient (Wildman–Crippen LogP) is 3.38. The predicted molar refractivity (Wildman–Crippen MR) is 77.4 cm³/mol. The topological polar surface area (TPSA) is 25.4 Å². The van der Waals surface area contributed by atoms with Gasteiger partial charge < -0.3 is 4.74 Å². The average Bonchev–Trinajstić information content (AvgIpc) is 2.38. The zero-order chi connectivity index (χ0) is 13.7. The summed E-state index contributed by atoms with van der Waals surface area (Å²) in [7, 11) is 3.76. The molecule has 0 atom stereocenters. The van der Waals surface area contributed by atoms with Crippen molar-refractivity contribution < 1.29 is 4.74 Å². The molecule has 19 heavy (non-hydrogen) atoms. The van der Waals surface area contributed by atoms with Gasteiger partial charge in [-0.2, -0.15) is 0 Å². The highest BCUT2D eigenvalue weighted by atomic mass is 35.5. The number of rotatable bonds is 5. The largest absolute Gasteiger partial charge is 0.497 e. The van der Waals surface area contributed by atoms with Gasteiger partial charge in [0.2, 0.25) is 0 Å². The summed E-state index contributed by atoms with van der Waals surface area (Å²) in [6.07, 6.45) is 1.73. The molecule has 0 saturated carbocycles. The van der Waals surface area contributed by atoms with Crippen molar-refractivity contribution in [1.29, 1.82) is 0 Å². The van der Waals surface area contributed by atoms with E-state index in [1.807, 2.05) is 24.3 Å². The Morgan fingerprint density at radius 1 is 1.16 bits per heavy atom. The Balaban J connectivity index is 1.98. The van der Waals surface area contributed by atoms with Crippen LogP contribution in [-0.2, 0) is 13.1 Å². The number of hydrogen-bond donors (Lipinski definition) is 0. The summed E-state index contributed by atoms with van der Waals surface area (Å²) in [4.78, 5) is 6.21. The molecule has 0 amide bonds. The Morgan fingerprint density at radius 2 is 1.89 bits per heavy atom. The zero-order valence-electron chi connectivity index (χ0n) is 11.1. The lowest BCUT2D eigenvalue weighted by Crippen LogP contribution is -2.17. The molecule has 0 aliphatic rings. The van der Waals surface area contributed by atoms with E-state index in [1.165, 1.54) is 5.56 Å². The van der Waals surface area contributed by atoms with E-state index < -0.39 is 0 Å². The molecular formula is C15H17ClN2O. The Bertz CT molecular complexity index is 545. The summed E-state index contributed by atoms with van der Waals surface area (Å²) in [5.74, 6) is 0.887. The molecule has 4 heteroatoms. The maximum Gasteiger partial charge on any atom is 0.129 e. The van der Waals surface area contributed by atoms with Crippen LogP contribution in [0.5, 0.6) is 5.75 Å². The van der Waals surface area contributed by atoms with Crippen LogP contribution in [0.2, 0.25) is 5.15 Å². The average molecular weight is 277 g/mol. The van der Waals surface area contributed by atoms with Crippen LogP contribution >= 0.6 is 11.6 Å². The van der Waals surface area contributed by atoms with Crippen molar-refractivity contribution in [2.75, 3.05) is 14.2 Å². The molecule has 0 fully saturated rings. The highest BCUT2D eigenvalue weighted by Crippen LogP contribution is 2.15. The molecule has 100 valence electrons. The summed E-state index contributed by atoms with van der Waals surface area (Å²) >= 11 is 5.88. The lowest BCUT2D eigenvalue weighted by Gasteiger charge is -2.17. The maximum atomic E-state index is 5.88. The minimum atomic E-state index is 0.535. The third-order valence-corrected chi connectivity index (χ3v) is 3.04. The Morgan fingerprint density at radius 3 is 2.58 bits per heavy atom. The van der Waals surface area contributed by atoms with Crippen molar-refractivity contribution in [1.82, 2.24) is 9.88 Å². The van der Waals surface area contributed by atoms with Gasteiger partial charge in [0.05, 0.1) is 7.11 Å². The van der Waals surface area contributed by atoms with Crippen molar-refractivity contribution in [2.24, 2.45) is 0 Å². The number of methoxy groups -OCH3 is 1. The Kier molecular flexibility index (Phi) is 4.77. The fourth-order valence-electron chi connectivity index (χ4n) is 1.99. The molecule has 2 aromatic rings. The molecule has 0 aliphatic heterocycles. The molecular weight excluding hydrogens is 260 g/mol. The smallest absolute Gasteiger partial charge is 0.129 e. The SMILES string of the molecule is COc1cccc(CN(C)Cc2ccnc(Cl)c2)c1. The summed E-state index contributed by atoms with van der Waals surface area (Å²) in [5.41, 5.74) is 2.38. The van der Waals surface area contributed by atoms with Gasteiger partial charge in [0.1, 0.15) is 10.9 Å². The van der Waals surface area contributed by atoms with Gasteiger partial charge in [-0.1, -0.05) is 23.7 Å². The number of pyridine rings is 1. The second-order valence-electron chi connectivity index (χ2n) is 4.51. The van der Waals surface area contributed by atoms with Crippen LogP contribution in [0, 0.1) is 0 Å². The van der Waals surface area contributed by atoms with Crippen LogP contribution in [0.4, 0.5) is 0 Å². The van der Waals surface area contributed by atoms with E-state index in [0.29, 0.717) is 5.15 Å². The molecule has 0 unspecified atom stereocenters. The standard InChI is InChI=1S/C15H17ClN2O/c1-18(11-13-6-7-17-15(16)9-13)10-12-4-3-5-14(8-12)19-2/h3-9H,10-11H2,1-2H3. The van der Waals surface area contributed by atoms with E-state index >= 15 is 0 Å². The molecule has 1 heterocycles. The first-order valence-corrected chi connectivity index (χ1v) is 6.47. The van der Waals surface area contributed by atoms with Gasteiger partial charge in [-0.15, -0.1) is 0 Å².